The van der Waals surface area contributed by atoms with Crippen molar-refractivity contribution in [1.82, 2.24) is 4.98 Å². The molecule has 3 N–H and O–H groups in total. The van der Waals surface area contributed by atoms with E-state index in [9.17, 15) is 0 Å². The first-order chi connectivity index (χ1) is 8.15. The second-order valence-electron chi connectivity index (χ2n) is 4.28. The number of aromatic nitrogens is 1. The van der Waals surface area contributed by atoms with E-state index in [0.29, 0.717) is 5.69 Å². The van der Waals surface area contributed by atoms with Crippen LogP contribution in [0, 0.1) is 6.92 Å². The molecule has 0 spiro atoms. The fraction of sp³-hybridized carbons (Fsp3) is 0.308. The summed E-state index contributed by atoms with van der Waals surface area (Å²) >= 11 is 0. The molecule has 2 rings (SSSR count). The Morgan fingerprint density at radius 1 is 1.53 bits per heavy atom. The minimum absolute atomic E-state index is 0.221. The fourth-order valence-electron chi connectivity index (χ4n) is 1.73. The van der Waals surface area contributed by atoms with Gasteiger partial charge in [0, 0.05) is 18.7 Å². The molecule has 4 nitrogen and oxygen atoms in total. The Labute approximate surface area is 101 Å². The van der Waals surface area contributed by atoms with E-state index in [-0.39, 0.29) is 6.04 Å². The summed E-state index contributed by atoms with van der Waals surface area (Å²) in [5, 5.41) is 3.28. The highest BCUT2D eigenvalue weighted by Gasteiger charge is 2.08. The summed E-state index contributed by atoms with van der Waals surface area (Å²) in [6.45, 7) is 4.04. The Morgan fingerprint density at radius 2 is 2.35 bits per heavy atom. The maximum absolute atomic E-state index is 5.89. The van der Waals surface area contributed by atoms with Crippen LogP contribution in [0.2, 0.25) is 0 Å². The van der Waals surface area contributed by atoms with Crippen LogP contribution in [0.3, 0.4) is 0 Å². The van der Waals surface area contributed by atoms with Gasteiger partial charge in [0.05, 0.1) is 12.0 Å². The van der Waals surface area contributed by atoms with Gasteiger partial charge < -0.3 is 15.5 Å². The minimum Gasteiger partial charge on any atom is -0.469 e. The van der Waals surface area contributed by atoms with E-state index in [4.69, 9.17) is 10.2 Å². The van der Waals surface area contributed by atoms with Crippen molar-refractivity contribution in [3.05, 3.63) is 42.0 Å². The molecule has 0 saturated heterocycles. The third-order valence-corrected chi connectivity index (χ3v) is 2.52. The Kier molecular flexibility index (Phi) is 3.32. The number of hydrogen-bond acceptors (Lipinski definition) is 4. The zero-order valence-corrected chi connectivity index (χ0v) is 10.1. The van der Waals surface area contributed by atoms with Gasteiger partial charge >= 0.3 is 0 Å². The summed E-state index contributed by atoms with van der Waals surface area (Å²) < 4.78 is 5.30. The van der Waals surface area contributed by atoms with Crippen LogP contribution in [-0.2, 0) is 6.42 Å². The predicted octanol–water partition coefficient (Wildman–Crippen LogP) is 2.61. The molecular weight excluding hydrogens is 214 g/mol. The molecule has 0 saturated carbocycles. The number of nitrogens with two attached hydrogens (primary N) is 1. The summed E-state index contributed by atoms with van der Waals surface area (Å²) in [5.41, 5.74) is 7.63. The molecule has 0 radical (unpaired) electrons. The van der Waals surface area contributed by atoms with Gasteiger partial charge in [-0.05, 0) is 37.6 Å². The number of anilines is 2. The van der Waals surface area contributed by atoms with E-state index in [1.54, 1.807) is 12.5 Å². The van der Waals surface area contributed by atoms with Crippen molar-refractivity contribution in [3.8, 4) is 0 Å². The van der Waals surface area contributed by atoms with Crippen LogP contribution in [0.15, 0.2) is 35.1 Å². The molecular formula is C13H17N3O. The average Bonchev–Trinajstić information content (AvgIpc) is 2.75. The number of nitrogen functional groups attached to an aromatic ring is 1. The second kappa shape index (κ2) is 4.91. The van der Waals surface area contributed by atoms with Crippen LogP contribution in [-0.4, -0.2) is 11.0 Å². The standard InChI is InChI=1S/C13H17N3O/c1-9-6-12(14)13(15-8-9)16-10(2)7-11-4-3-5-17-11/h3-6,8,10H,7,14H2,1-2H3,(H,15,16). The van der Waals surface area contributed by atoms with Crippen molar-refractivity contribution in [2.75, 3.05) is 11.1 Å². The van der Waals surface area contributed by atoms with E-state index < -0.39 is 0 Å². The summed E-state index contributed by atoms with van der Waals surface area (Å²) in [4.78, 5) is 4.28. The molecule has 0 aromatic carbocycles. The number of aryl methyl sites for hydroxylation is 1. The highest BCUT2D eigenvalue weighted by molar-refractivity contribution is 5.62. The number of pyridine rings is 1. The lowest BCUT2D eigenvalue weighted by Gasteiger charge is -2.14. The van der Waals surface area contributed by atoms with Gasteiger partial charge in [-0.3, -0.25) is 0 Å². The van der Waals surface area contributed by atoms with Crippen LogP contribution in [0.5, 0.6) is 0 Å². The lowest BCUT2D eigenvalue weighted by Crippen LogP contribution is -2.19. The van der Waals surface area contributed by atoms with Crippen molar-refractivity contribution in [2.24, 2.45) is 0 Å². The van der Waals surface area contributed by atoms with E-state index in [0.717, 1.165) is 23.6 Å². The summed E-state index contributed by atoms with van der Waals surface area (Å²) in [6.07, 6.45) is 4.29. The lowest BCUT2D eigenvalue weighted by molar-refractivity contribution is 0.497. The molecule has 17 heavy (non-hydrogen) atoms. The molecule has 1 atom stereocenters. The number of nitrogens with zero attached hydrogens (tertiary/aromatic N) is 1. The van der Waals surface area contributed by atoms with Gasteiger partial charge in [-0.1, -0.05) is 0 Å². The molecule has 1 unspecified atom stereocenters. The van der Waals surface area contributed by atoms with E-state index in [1.165, 1.54) is 0 Å². The monoisotopic (exact) mass is 231 g/mol. The second-order valence-corrected chi connectivity index (χ2v) is 4.28. The highest BCUT2D eigenvalue weighted by Crippen LogP contribution is 2.17. The van der Waals surface area contributed by atoms with Gasteiger partial charge in [0.25, 0.3) is 0 Å². The Hall–Kier alpha value is -1.97. The van der Waals surface area contributed by atoms with Crippen molar-refractivity contribution in [1.29, 1.82) is 0 Å². The fourth-order valence-corrected chi connectivity index (χ4v) is 1.73. The smallest absolute Gasteiger partial charge is 0.149 e. The molecule has 4 heteroatoms. The molecule has 0 bridgehead atoms. The zero-order valence-electron chi connectivity index (χ0n) is 10.1. The van der Waals surface area contributed by atoms with Crippen LogP contribution >= 0.6 is 0 Å². The molecule has 2 heterocycles. The molecule has 90 valence electrons. The Morgan fingerprint density at radius 3 is 3.00 bits per heavy atom. The molecule has 2 aromatic rings. The summed E-state index contributed by atoms with van der Waals surface area (Å²) in [7, 11) is 0. The van der Waals surface area contributed by atoms with Gasteiger partial charge in [0.2, 0.25) is 0 Å². The number of rotatable bonds is 4. The van der Waals surface area contributed by atoms with Crippen molar-refractivity contribution in [2.45, 2.75) is 26.3 Å². The molecule has 2 aromatic heterocycles. The largest absolute Gasteiger partial charge is 0.469 e. The van der Waals surface area contributed by atoms with Crippen LogP contribution in [0.1, 0.15) is 18.2 Å². The van der Waals surface area contributed by atoms with Gasteiger partial charge in [-0.25, -0.2) is 4.98 Å². The van der Waals surface area contributed by atoms with Crippen molar-refractivity contribution in [3.63, 3.8) is 0 Å². The summed E-state index contributed by atoms with van der Waals surface area (Å²) in [5.74, 6) is 1.69. The minimum atomic E-state index is 0.221. The summed E-state index contributed by atoms with van der Waals surface area (Å²) in [6, 6.07) is 5.98. The number of furan rings is 1. The van der Waals surface area contributed by atoms with E-state index in [2.05, 4.69) is 17.2 Å². The van der Waals surface area contributed by atoms with Crippen molar-refractivity contribution >= 4 is 11.5 Å². The Bertz CT molecular complexity index is 479. The molecule has 0 aliphatic rings. The van der Waals surface area contributed by atoms with Crippen LogP contribution < -0.4 is 11.1 Å². The predicted molar refractivity (Wildman–Crippen MR) is 68.9 cm³/mol. The zero-order chi connectivity index (χ0) is 12.3. The third kappa shape index (κ3) is 3.00. The van der Waals surface area contributed by atoms with Crippen LogP contribution in [0.25, 0.3) is 0 Å². The first kappa shape index (κ1) is 11.5. The first-order valence-corrected chi connectivity index (χ1v) is 5.66. The number of hydrogen-bond donors (Lipinski definition) is 2. The Balaban J connectivity index is 2.00. The lowest BCUT2D eigenvalue weighted by atomic mass is 10.2. The highest BCUT2D eigenvalue weighted by atomic mass is 16.3. The topological polar surface area (TPSA) is 64.1 Å². The molecule has 0 aliphatic carbocycles. The van der Waals surface area contributed by atoms with Crippen molar-refractivity contribution < 1.29 is 4.42 Å². The molecule has 0 fully saturated rings. The van der Waals surface area contributed by atoms with Gasteiger partial charge in [0.15, 0.2) is 0 Å². The van der Waals surface area contributed by atoms with E-state index in [1.807, 2.05) is 25.1 Å². The molecule has 0 amide bonds. The van der Waals surface area contributed by atoms with Gasteiger partial charge in [0.1, 0.15) is 11.6 Å². The quantitative estimate of drug-likeness (QED) is 0.849. The maximum Gasteiger partial charge on any atom is 0.149 e. The third-order valence-electron chi connectivity index (χ3n) is 2.52. The normalized spacial score (nSPS) is 12.4. The van der Waals surface area contributed by atoms with Gasteiger partial charge in [-0.2, -0.15) is 0 Å². The van der Waals surface area contributed by atoms with Crippen LogP contribution in [0.4, 0.5) is 11.5 Å². The first-order valence-electron chi connectivity index (χ1n) is 5.66. The number of nitrogens with one attached hydrogen (secondary N) is 1. The average molecular weight is 231 g/mol. The SMILES string of the molecule is Cc1cnc(NC(C)Cc2ccco2)c(N)c1. The van der Waals surface area contributed by atoms with E-state index >= 15 is 0 Å². The molecule has 0 aliphatic heterocycles. The maximum atomic E-state index is 5.89. The van der Waals surface area contributed by atoms with Gasteiger partial charge in [-0.15, -0.1) is 0 Å².